The first kappa shape index (κ1) is 20.7. The molecule has 0 aromatic heterocycles. The number of hydrogen-bond acceptors (Lipinski definition) is 5. The Morgan fingerprint density at radius 2 is 2.03 bits per heavy atom. The molecule has 0 spiro atoms. The minimum atomic E-state index is -0.289. The van der Waals surface area contributed by atoms with E-state index < -0.39 is 0 Å². The van der Waals surface area contributed by atoms with Gasteiger partial charge in [-0.3, -0.25) is 0 Å². The Morgan fingerprint density at radius 3 is 2.77 bits per heavy atom. The van der Waals surface area contributed by atoms with E-state index in [9.17, 15) is 9.65 Å². The molecule has 1 heterocycles. The van der Waals surface area contributed by atoms with Gasteiger partial charge >= 0.3 is 0 Å². The predicted octanol–water partition coefficient (Wildman–Crippen LogP) is 5.21. The molecule has 0 unspecified atom stereocenters. The van der Waals surface area contributed by atoms with Gasteiger partial charge in [-0.2, -0.15) is 5.26 Å². The van der Waals surface area contributed by atoms with E-state index in [-0.39, 0.29) is 11.9 Å². The van der Waals surface area contributed by atoms with Crippen LogP contribution in [0.25, 0.3) is 0 Å². The van der Waals surface area contributed by atoms with E-state index in [0.717, 1.165) is 28.9 Å². The van der Waals surface area contributed by atoms with Gasteiger partial charge in [0.1, 0.15) is 11.9 Å². The molecule has 3 aromatic carbocycles. The molecule has 31 heavy (non-hydrogen) atoms. The van der Waals surface area contributed by atoms with Gasteiger partial charge in [-0.15, -0.1) is 0 Å². The van der Waals surface area contributed by atoms with E-state index in [1.54, 1.807) is 25.3 Å². The molecule has 5 nitrogen and oxygen atoms in total. The number of benzene rings is 3. The summed E-state index contributed by atoms with van der Waals surface area (Å²) in [6, 6.07) is 19.7. The molecule has 0 bridgehead atoms. The van der Waals surface area contributed by atoms with E-state index in [1.165, 1.54) is 12.1 Å². The quantitative estimate of drug-likeness (QED) is 0.571. The summed E-state index contributed by atoms with van der Waals surface area (Å²) in [5, 5.41) is 12.6. The van der Waals surface area contributed by atoms with Crippen molar-refractivity contribution in [3.05, 3.63) is 83.2 Å². The fraction of sp³-hybridized carbons (Fsp3) is 0.240. The van der Waals surface area contributed by atoms with Gasteiger partial charge in [-0.05, 0) is 48.0 Å². The Kier molecular flexibility index (Phi) is 6.34. The second kappa shape index (κ2) is 9.50. The number of halogens is 1. The average molecular weight is 418 g/mol. The molecule has 1 atom stereocenters. The largest absolute Gasteiger partial charge is 0.493 e. The van der Waals surface area contributed by atoms with Crippen LogP contribution >= 0.6 is 0 Å². The summed E-state index contributed by atoms with van der Waals surface area (Å²) in [5.41, 5.74) is 3.80. The van der Waals surface area contributed by atoms with Gasteiger partial charge < -0.3 is 19.5 Å². The van der Waals surface area contributed by atoms with Gasteiger partial charge in [0.25, 0.3) is 0 Å². The third kappa shape index (κ3) is 4.96. The molecule has 6 heteroatoms. The minimum Gasteiger partial charge on any atom is -0.493 e. The molecule has 0 radical (unpaired) electrons. The molecule has 1 N–H and O–H groups in total. The number of methoxy groups -OCH3 is 1. The van der Waals surface area contributed by atoms with Crippen LogP contribution in [0.1, 0.15) is 23.1 Å². The van der Waals surface area contributed by atoms with Gasteiger partial charge in [0.15, 0.2) is 11.5 Å². The van der Waals surface area contributed by atoms with Crippen LogP contribution in [0.15, 0.2) is 60.7 Å². The lowest BCUT2D eigenvalue weighted by Gasteiger charge is -2.22. The van der Waals surface area contributed by atoms with Crippen molar-refractivity contribution in [1.82, 2.24) is 0 Å². The monoisotopic (exact) mass is 418 g/mol. The second-order valence-electron chi connectivity index (χ2n) is 7.35. The van der Waals surface area contributed by atoms with E-state index >= 15 is 0 Å². The highest BCUT2D eigenvalue weighted by molar-refractivity contribution is 5.70. The van der Waals surface area contributed by atoms with Crippen LogP contribution < -0.4 is 14.8 Å². The normalized spacial score (nSPS) is 15.3. The molecular formula is C25H23FN2O3. The molecule has 1 aliphatic rings. The van der Waals surface area contributed by atoms with Crippen molar-refractivity contribution < 1.29 is 18.6 Å². The zero-order valence-corrected chi connectivity index (χ0v) is 17.2. The van der Waals surface area contributed by atoms with E-state index in [2.05, 4.69) is 11.4 Å². The topological polar surface area (TPSA) is 63.5 Å². The van der Waals surface area contributed by atoms with Crippen LogP contribution in [0.4, 0.5) is 15.8 Å². The van der Waals surface area contributed by atoms with Crippen molar-refractivity contribution in [3.8, 4) is 17.6 Å². The first-order valence-corrected chi connectivity index (χ1v) is 10.1. The smallest absolute Gasteiger partial charge is 0.167 e. The van der Waals surface area contributed by atoms with Crippen LogP contribution in [-0.4, -0.2) is 26.4 Å². The van der Waals surface area contributed by atoms with Crippen LogP contribution in [0.2, 0.25) is 0 Å². The summed E-state index contributed by atoms with van der Waals surface area (Å²) in [4.78, 5) is 0. The Labute approximate surface area is 181 Å². The van der Waals surface area contributed by atoms with Crippen molar-refractivity contribution in [2.45, 2.75) is 18.9 Å². The molecule has 1 aliphatic heterocycles. The lowest BCUT2D eigenvalue weighted by Crippen LogP contribution is -2.18. The molecule has 3 aromatic rings. The Balaban J connectivity index is 1.77. The third-order valence-corrected chi connectivity index (χ3v) is 5.16. The summed E-state index contributed by atoms with van der Waals surface area (Å²) in [7, 11) is 1.60. The predicted molar refractivity (Wildman–Crippen MR) is 116 cm³/mol. The fourth-order valence-corrected chi connectivity index (χ4v) is 3.63. The highest BCUT2D eigenvalue weighted by Gasteiger charge is 2.23. The van der Waals surface area contributed by atoms with E-state index in [1.807, 2.05) is 30.3 Å². The van der Waals surface area contributed by atoms with Crippen molar-refractivity contribution in [2.24, 2.45) is 0 Å². The summed E-state index contributed by atoms with van der Waals surface area (Å²) < 4.78 is 31.2. The van der Waals surface area contributed by atoms with Gasteiger partial charge in [0.2, 0.25) is 0 Å². The number of nitrogens with one attached hydrogen (secondary N) is 1. The number of anilines is 2. The van der Waals surface area contributed by atoms with E-state index in [4.69, 9.17) is 14.2 Å². The summed E-state index contributed by atoms with van der Waals surface area (Å²) in [6.45, 7) is 1.18. The average Bonchev–Trinajstić information content (AvgIpc) is 3.29. The molecule has 158 valence electrons. The lowest BCUT2D eigenvalue weighted by atomic mass is 10.0. The molecule has 0 aliphatic carbocycles. The summed E-state index contributed by atoms with van der Waals surface area (Å²) >= 11 is 0. The lowest BCUT2D eigenvalue weighted by molar-refractivity contribution is 0.138. The van der Waals surface area contributed by atoms with Crippen molar-refractivity contribution >= 4 is 11.4 Å². The standard InChI is InChI=1S/C25H23FN2O3/c1-29-24-9-8-23(28-20-7-3-5-18(13-20)15-27)22(14-17-4-2-6-19(26)12-17)25(24)31-21-10-11-30-16-21/h2-9,12-13,21,28H,10-11,14,16H2,1H3/t21-/m1/s1. The molecule has 0 amide bonds. The summed E-state index contributed by atoms with van der Waals surface area (Å²) in [6.07, 6.45) is 1.17. The minimum absolute atomic E-state index is 0.0719. The number of nitriles is 1. The summed E-state index contributed by atoms with van der Waals surface area (Å²) in [5.74, 6) is 0.932. The highest BCUT2D eigenvalue weighted by Crippen LogP contribution is 2.40. The third-order valence-electron chi connectivity index (χ3n) is 5.16. The first-order chi connectivity index (χ1) is 15.2. The Hall–Kier alpha value is -3.56. The van der Waals surface area contributed by atoms with Crippen molar-refractivity contribution in [3.63, 3.8) is 0 Å². The van der Waals surface area contributed by atoms with Gasteiger partial charge in [0, 0.05) is 29.8 Å². The van der Waals surface area contributed by atoms with Crippen molar-refractivity contribution in [1.29, 1.82) is 5.26 Å². The number of rotatable bonds is 7. The second-order valence-corrected chi connectivity index (χ2v) is 7.35. The molecule has 1 saturated heterocycles. The molecule has 1 fully saturated rings. The van der Waals surface area contributed by atoms with Crippen LogP contribution in [0, 0.1) is 17.1 Å². The maximum absolute atomic E-state index is 13.9. The van der Waals surface area contributed by atoms with Gasteiger partial charge in [-0.1, -0.05) is 18.2 Å². The Morgan fingerprint density at radius 1 is 1.16 bits per heavy atom. The SMILES string of the molecule is COc1ccc(Nc2cccc(C#N)c2)c(Cc2cccc(F)c2)c1O[C@@H]1CCOC1. The Bertz CT molecular complexity index is 1100. The van der Waals surface area contributed by atoms with Crippen LogP contribution in [-0.2, 0) is 11.2 Å². The maximum Gasteiger partial charge on any atom is 0.167 e. The van der Waals surface area contributed by atoms with Crippen LogP contribution in [0.3, 0.4) is 0 Å². The number of hydrogen-bond donors (Lipinski definition) is 1. The number of nitrogens with zero attached hydrogens (tertiary/aromatic N) is 1. The van der Waals surface area contributed by atoms with Gasteiger partial charge in [-0.25, -0.2) is 4.39 Å². The van der Waals surface area contributed by atoms with E-state index in [0.29, 0.717) is 36.7 Å². The first-order valence-electron chi connectivity index (χ1n) is 10.1. The molecule has 0 saturated carbocycles. The molecular weight excluding hydrogens is 395 g/mol. The number of ether oxygens (including phenoxy) is 3. The zero-order valence-electron chi connectivity index (χ0n) is 17.2. The molecule has 4 rings (SSSR count). The maximum atomic E-state index is 13.9. The van der Waals surface area contributed by atoms with Gasteiger partial charge in [0.05, 0.1) is 32.0 Å². The van der Waals surface area contributed by atoms with Crippen LogP contribution in [0.5, 0.6) is 11.5 Å². The zero-order chi connectivity index (χ0) is 21.6. The highest BCUT2D eigenvalue weighted by atomic mass is 19.1. The van der Waals surface area contributed by atoms with Crippen molar-refractivity contribution in [2.75, 3.05) is 25.6 Å². The fourth-order valence-electron chi connectivity index (χ4n) is 3.63.